The van der Waals surface area contributed by atoms with Gasteiger partial charge >= 0.3 is 5.97 Å². The lowest BCUT2D eigenvalue weighted by Gasteiger charge is -2.14. The molecular weight excluding hydrogens is 439 g/mol. The Kier molecular flexibility index (Phi) is 6.49. The molecule has 0 saturated carbocycles. The van der Waals surface area contributed by atoms with Crippen LogP contribution in [0, 0.1) is 12.7 Å². The summed E-state index contributed by atoms with van der Waals surface area (Å²) >= 11 is 0. The minimum absolute atomic E-state index is 0.0731. The zero-order valence-electron chi connectivity index (χ0n) is 18.3. The molecule has 7 nitrogen and oxygen atoms in total. The summed E-state index contributed by atoms with van der Waals surface area (Å²) in [6, 6.07) is 17.5. The molecule has 34 heavy (non-hydrogen) atoms. The van der Waals surface area contributed by atoms with E-state index in [-0.39, 0.29) is 36.3 Å². The number of nitrogens with one attached hydrogen (secondary N) is 1. The molecule has 0 fully saturated rings. The van der Waals surface area contributed by atoms with Crippen molar-refractivity contribution in [1.82, 2.24) is 10.2 Å². The second kappa shape index (κ2) is 9.66. The van der Waals surface area contributed by atoms with Crippen molar-refractivity contribution < 1.29 is 28.3 Å². The van der Waals surface area contributed by atoms with E-state index >= 15 is 0 Å². The Bertz CT molecular complexity index is 1250. The highest BCUT2D eigenvalue weighted by Crippen LogP contribution is 2.24. The summed E-state index contributed by atoms with van der Waals surface area (Å²) in [5.41, 5.74) is 2.74. The van der Waals surface area contributed by atoms with Crippen LogP contribution in [0.1, 0.15) is 47.8 Å². The van der Waals surface area contributed by atoms with E-state index in [0.717, 1.165) is 4.90 Å². The predicted molar refractivity (Wildman–Crippen MR) is 120 cm³/mol. The summed E-state index contributed by atoms with van der Waals surface area (Å²) < 4.78 is 18.6. The van der Waals surface area contributed by atoms with Gasteiger partial charge in [0.25, 0.3) is 17.7 Å². The van der Waals surface area contributed by atoms with Gasteiger partial charge in [0.2, 0.25) is 0 Å². The first kappa shape index (κ1) is 22.8. The number of carbonyl (C=O) groups excluding carboxylic acids is 4. The summed E-state index contributed by atoms with van der Waals surface area (Å²) in [7, 11) is 0. The van der Waals surface area contributed by atoms with Crippen LogP contribution in [0.5, 0.6) is 0 Å². The van der Waals surface area contributed by atoms with Gasteiger partial charge < -0.3 is 10.1 Å². The molecule has 0 aromatic heterocycles. The number of ether oxygens (including phenoxy) is 1. The minimum atomic E-state index is -0.691. The van der Waals surface area contributed by atoms with Gasteiger partial charge in [-0.3, -0.25) is 19.3 Å². The lowest BCUT2D eigenvalue weighted by atomic mass is 10.1. The van der Waals surface area contributed by atoms with Crippen molar-refractivity contribution in [3.8, 4) is 0 Å². The third-order valence-electron chi connectivity index (χ3n) is 5.47. The Morgan fingerprint density at radius 1 is 0.912 bits per heavy atom. The predicted octanol–water partition coefficient (Wildman–Crippen LogP) is 3.40. The van der Waals surface area contributed by atoms with E-state index in [1.807, 2.05) is 0 Å². The Balaban J connectivity index is 1.28. The number of aryl methyl sites for hydroxylation is 1. The molecule has 0 bridgehead atoms. The molecule has 3 aromatic rings. The van der Waals surface area contributed by atoms with Gasteiger partial charge in [0.1, 0.15) is 5.82 Å². The van der Waals surface area contributed by atoms with Crippen LogP contribution in [0.15, 0.2) is 66.7 Å². The maximum atomic E-state index is 13.6. The molecule has 4 rings (SSSR count). The molecule has 1 N–H and O–H groups in total. The summed E-state index contributed by atoms with van der Waals surface area (Å²) in [5.74, 6) is -2.28. The molecular formula is C26H21FN2O5. The van der Waals surface area contributed by atoms with Crippen molar-refractivity contribution in [3.05, 3.63) is 106 Å². The summed E-state index contributed by atoms with van der Waals surface area (Å²) in [6.07, 6.45) is 0. The van der Waals surface area contributed by atoms with E-state index in [2.05, 4.69) is 5.32 Å². The molecule has 0 unspecified atom stereocenters. The van der Waals surface area contributed by atoms with Crippen molar-refractivity contribution in [2.45, 2.75) is 20.0 Å². The van der Waals surface area contributed by atoms with E-state index in [0.29, 0.717) is 27.8 Å². The van der Waals surface area contributed by atoms with Crippen LogP contribution < -0.4 is 5.32 Å². The topological polar surface area (TPSA) is 92.8 Å². The Hall–Kier alpha value is -4.33. The second-order valence-electron chi connectivity index (χ2n) is 7.88. The number of nitrogens with zero attached hydrogens (tertiary/aromatic N) is 1. The van der Waals surface area contributed by atoms with Crippen LogP contribution in [-0.2, 0) is 22.6 Å². The standard InChI is InChI=1S/C26H21FN2O5/c1-16-6-7-18(12-22(16)27)13-28-23(30)15-34-26(33)19-10-8-17(9-11-19)14-29-24(31)20-4-2-3-5-21(20)25(29)32/h2-12H,13-15H2,1H3,(H,28,30). The van der Waals surface area contributed by atoms with Gasteiger partial charge in [-0.05, 0) is 53.9 Å². The smallest absolute Gasteiger partial charge is 0.338 e. The monoisotopic (exact) mass is 460 g/mol. The Labute approximate surface area is 195 Å². The third-order valence-corrected chi connectivity index (χ3v) is 5.47. The number of imide groups is 1. The van der Waals surface area contributed by atoms with Gasteiger partial charge in [0.05, 0.1) is 23.2 Å². The fourth-order valence-corrected chi connectivity index (χ4v) is 3.52. The molecule has 0 atom stereocenters. The molecule has 0 aliphatic carbocycles. The van der Waals surface area contributed by atoms with Gasteiger partial charge in [0, 0.05) is 6.54 Å². The van der Waals surface area contributed by atoms with Crippen LogP contribution in [-0.4, -0.2) is 35.2 Å². The number of amides is 3. The van der Waals surface area contributed by atoms with Crippen molar-refractivity contribution in [3.63, 3.8) is 0 Å². The van der Waals surface area contributed by atoms with Crippen LogP contribution in [0.4, 0.5) is 4.39 Å². The number of hydrogen-bond acceptors (Lipinski definition) is 5. The number of benzene rings is 3. The quantitative estimate of drug-likeness (QED) is 0.431. The van der Waals surface area contributed by atoms with Crippen molar-refractivity contribution >= 4 is 23.7 Å². The van der Waals surface area contributed by atoms with Crippen molar-refractivity contribution in [2.24, 2.45) is 0 Å². The van der Waals surface area contributed by atoms with Crippen LogP contribution >= 0.6 is 0 Å². The maximum Gasteiger partial charge on any atom is 0.338 e. The Morgan fingerprint density at radius 3 is 2.15 bits per heavy atom. The molecule has 8 heteroatoms. The highest BCUT2D eigenvalue weighted by molar-refractivity contribution is 6.21. The van der Waals surface area contributed by atoms with Crippen LogP contribution in [0.2, 0.25) is 0 Å². The first-order valence-corrected chi connectivity index (χ1v) is 10.6. The normalized spacial score (nSPS) is 12.5. The number of carbonyl (C=O) groups is 4. The summed E-state index contributed by atoms with van der Waals surface area (Å²) in [4.78, 5) is 50.3. The van der Waals surface area contributed by atoms with Crippen LogP contribution in [0.3, 0.4) is 0 Å². The van der Waals surface area contributed by atoms with Crippen molar-refractivity contribution in [2.75, 3.05) is 6.61 Å². The molecule has 1 aliphatic heterocycles. The first-order chi connectivity index (χ1) is 16.3. The second-order valence-corrected chi connectivity index (χ2v) is 7.88. The van der Waals surface area contributed by atoms with E-state index in [1.165, 1.54) is 18.2 Å². The number of hydrogen-bond donors (Lipinski definition) is 1. The molecule has 1 aliphatic rings. The van der Waals surface area contributed by atoms with Gasteiger partial charge in [-0.2, -0.15) is 0 Å². The molecule has 0 spiro atoms. The van der Waals surface area contributed by atoms with Crippen molar-refractivity contribution in [1.29, 1.82) is 0 Å². The third kappa shape index (κ3) is 4.85. The summed E-state index contributed by atoms with van der Waals surface area (Å²) in [6.45, 7) is 1.35. The van der Waals surface area contributed by atoms with Crippen LogP contribution in [0.25, 0.3) is 0 Å². The van der Waals surface area contributed by atoms with Gasteiger partial charge in [-0.25, -0.2) is 9.18 Å². The first-order valence-electron chi connectivity index (χ1n) is 10.6. The minimum Gasteiger partial charge on any atom is -0.452 e. The fraction of sp³-hybridized carbons (Fsp3) is 0.154. The number of fused-ring (bicyclic) bond motifs is 1. The lowest BCUT2D eigenvalue weighted by molar-refractivity contribution is -0.124. The highest BCUT2D eigenvalue weighted by Gasteiger charge is 2.34. The molecule has 0 radical (unpaired) electrons. The highest BCUT2D eigenvalue weighted by atomic mass is 19.1. The zero-order valence-corrected chi connectivity index (χ0v) is 18.3. The molecule has 172 valence electrons. The van der Waals surface area contributed by atoms with E-state index in [1.54, 1.807) is 55.5 Å². The van der Waals surface area contributed by atoms with Gasteiger partial charge in [-0.1, -0.05) is 36.4 Å². The van der Waals surface area contributed by atoms with Gasteiger partial charge in [0.15, 0.2) is 6.61 Å². The average molecular weight is 460 g/mol. The number of esters is 1. The number of halogens is 1. The molecule has 3 aromatic carbocycles. The fourth-order valence-electron chi connectivity index (χ4n) is 3.52. The largest absolute Gasteiger partial charge is 0.452 e. The number of rotatable bonds is 7. The molecule has 3 amide bonds. The van der Waals surface area contributed by atoms with E-state index < -0.39 is 18.5 Å². The van der Waals surface area contributed by atoms with E-state index in [4.69, 9.17) is 4.74 Å². The maximum absolute atomic E-state index is 13.6. The zero-order chi connectivity index (χ0) is 24.2. The van der Waals surface area contributed by atoms with E-state index in [9.17, 15) is 23.6 Å². The lowest BCUT2D eigenvalue weighted by Crippen LogP contribution is -2.29. The van der Waals surface area contributed by atoms with Gasteiger partial charge in [-0.15, -0.1) is 0 Å². The SMILES string of the molecule is Cc1ccc(CNC(=O)COC(=O)c2ccc(CN3C(=O)c4ccccc4C3=O)cc2)cc1F. The average Bonchev–Trinajstić information content (AvgIpc) is 3.08. The Morgan fingerprint density at radius 2 is 1.53 bits per heavy atom. The molecule has 0 saturated heterocycles. The molecule has 1 heterocycles. The summed E-state index contributed by atoms with van der Waals surface area (Å²) in [5, 5.41) is 2.57.